The Bertz CT molecular complexity index is 1070. The highest BCUT2D eigenvalue weighted by molar-refractivity contribution is 5.99. The number of carbonyl (C=O) groups is 2. The highest BCUT2D eigenvalue weighted by Crippen LogP contribution is 2.18. The summed E-state index contributed by atoms with van der Waals surface area (Å²) in [6, 6.07) is 12.5. The van der Waals surface area contributed by atoms with Crippen LogP contribution in [0.3, 0.4) is 0 Å². The summed E-state index contributed by atoms with van der Waals surface area (Å²) in [7, 11) is 0. The zero-order valence-corrected chi connectivity index (χ0v) is 18.8. The van der Waals surface area contributed by atoms with Gasteiger partial charge in [0, 0.05) is 12.2 Å². The van der Waals surface area contributed by atoms with Gasteiger partial charge in [-0.05, 0) is 45.4 Å². The van der Waals surface area contributed by atoms with Crippen molar-refractivity contribution in [3.05, 3.63) is 65.6 Å². The number of nitrogens with one attached hydrogen (secondary N) is 2. The summed E-state index contributed by atoms with van der Waals surface area (Å²) >= 11 is 0. The molecule has 0 radical (unpaired) electrons. The molecule has 0 aliphatic rings. The normalized spacial score (nSPS) is 12.7. The molecule has 2 amide bonds. The molecule has 4 N–H and O–H groups in total. The zero-order valence-electron chi connectivity index (χ0n) is 18.8. The lowest BCUT2D eigenvalue weighted by molar-refractivity contribution is -0.126. The van der Waals surface area contributed by atoms with Gasteiger partial charge >= 0.3 is 0 Å². The number of aromatic nitrogens is 3. The molecule has 32 heavy (non-hydrogen) atoms. The van der Waals surface area contributed by atoms with Gasteiger partial charge in [0.15, 0.2) is 11.5 Å². The zero-order chi connectivity index (χ0) is 23.3. The van der Waals surface area contributed by atoms with Crippen molar-refractivity contribution in [1.29, 1.82) is 0 Å². The molecule has 9 heteroatoms. The fraction of sp³-hybridized carbons (Fsp3) is 0.391. The van der Waals surface area contributed by atoms with Crippen molar-refractivity contribution in [2.75, 3.05) is 6.61 Å². The third kappa shape index (κ3) is 5.68. The number of amides is 2. The van der Waals surface area contributed by atoms with E-state index in [1.807, 2.05) is 44.2 Å². The lowest BCUT2D eigenvalue weighted by Crippen LogP contribution is -2.50. The SMILES string of the molecule is CC(C)NC(=O)c1cccn2c([C@@H](COCc3ccccc3)NC(=O)C(C)(C)N)nnc12. The first kappa shape index (κ1) is 23.4. The largest absolute Gasteiger partial charge is 0.374 e. The average Bonchev–Trinajstić information content (AvgIpc) is 3.16. The van der Waals surface area contributed by atoms with Gasteiger partial charge in [0.05, 0.1) is 24.3 Å². The molecule has 2 aromatic heterocycles. The van der Waals surface area contributed by atoms with Crippen LogP contribution in [0.25, 0.3) is 5.65 Å². The molecule has 2 heterocycles. The number of hydrogen-bond donors (Lipinski definition) is 3. The Morgan fingerprint density at radius 1 is 1.09 bits per heavy atom. The predicted octanol–water partition coefficient (Wildman–Crippen LogP) is 1.98. The van der Waals surface area contributed by atoms with Gasteiger partial charge in [0.1, 0.15) is 6.04 Å². The Labute approximate surface area is 187 Å². The van der Waals surface area contributed by atoms with E-state index < -0.39 is 11.6 Å². The maximum Gasteiger partial charge on any atom is 0.255 e. The fourth-order valence-electron chi connectivity index (χ4n) is 3.08. The Hall–Kier alpha value is -3.30. The minimum absolute atomic E-state index is 0.0182. The van der Waals surface area contributed by atoms with E-state index in [9.17, 15) is 9.59 Å². The summed E-state index contributed by atoms with van der Waals surface area (Å²) in [5.41, 5.74) is 6.70. The van der Waals surface area contributed by atoms with Gasteiger partial charge in [0.25, 0.3) is 5.91 Å². The Kier molecular flexibility index (Phi) is 7.22. The topological polar surface area (TPSA) is 124 Å². The molecule has 1 atom stereocenters. The lowest BCUT2D eigenvalue weighted by atomic mass is 10.1. The molecule has 0 bridgehead atoms. The summed E-state index contributed by atoms with van der Waals surface area (Å²) in [5.74, 6) is -0.144. The number of carbonyl (C=O) groups excluding carboxylic acids is 2. The van der Waals surface area contributed by atoms with Crippen LogP contribution in [0.1, 0.15) is 55.5 Å². The van der Waals surface area contributed by atoms with Crippen molar-refractivity contribution >= 4 is 17.5 Å². The first-order valence-electron chi connectivity index (χ1n) is 10.5. The summed E-state index contributed by atoms with van der Waals surface area (Å²) in [6.07, 6.45) is 1.75. The molecule has 0 aliphatic carbocycles. The van der Waals surface area contributed by atoms with Crippen LogP contribution in [0.4, 0.5) is 0 Å². The number of hydrogen-bond acceptors (Lipinski definition) is 6. The van der Waals surface area contributed by atoms with Crippen molar-refractivity contribution < 1.29 is 14.3 Å². The molecular weight excluding hydrogens is 408 g/mol. The van der Waals surface area contributed by atoms with Crippen LogP contribution in [-0.2, 0) is 16.1 Å². The molecule has 3 aromatic rings. The summed E-state index contributed by atoms with van der Waals surface area (Å²) in [5, 5.41) is 14.3. The molecule has 0 saturated heterocycles. The second-order valence-electron chi connectivity index (χ2n) is 8.55. The van der Waals surface area contributed by atoms with E-state index >= 15 is 0 Å². The molecule has 0 aliphatic heterocycles. The van der Waals surface area contributed by atoms with Gasteiger partial charge in [-0.3, -0.25) is 14.0 Å². The minimum atomic E-state index is -1.08. The standard InChI is InChI=1S/C23H30N6O3/c1-15(2)25-21(30)17-11-8-12-29-19(17)27-28-20(29)18(26-22(31)23(3,4)24)14-32-13-16-9-6-5-7-10-16/h5-12,15,18H,13-14,24H2,1-4H3,(H,25,30)(H,26,31)/t18-/m1/s1. The lowest BCUT2D eigenvalue weighted by Gasteiger charge is -2.23. The maximum absolute atomic E-state index is 12.6. The first-order valence-corrected chi connectivity index (χ1v) is 10.5. The molecule has 0 spiro atoms. The van der Waals surface area contributed by atoms with E-state index in [0.717, 1.165) is 5.56 Å². The van der Waals surface area contributed by atoms with Crippen LogP contribution in [0.15, 0.2) is 48.7 Å². The van der Waals surface area contributed by atoms with Gasteiger partial charge < -0.3 is 21.1 Å². The molecule has 1 aromatic carbocycles. The smallest absolute Gasteiger partial charge is 0.255 e. The molecular formula is C23H30N6O3. The predicted molar refractivity (Wildman–Crippen MR) is 121 cm³/mol. The van der Waals surface area contributed by atoms with Crippen molar-refractivity contribution in [1.82, 2.24) is 25.2 Å². The van der Waals surface area contributed by atoms with Crippen molar-refractivity contribution in [3.63, 3.8) is 0 Å². The second kappa shape index (κ2) is 9.88. The summed E-state index contributed by atoms with van der Waals surface area (Å²) in [4.78, 5) is 25.2. The molecule has 3 rings (SSSR count). The third-order valence-electron chi connectivity index (χ3n) is 4.72. The number of fused-ring (bicyclic) bond motifs is 1. The van der Waals surface area contributed by atoms with Crippen LogP contribution in [0.5, 0.6) is 0 Å². The molecule has 0 saturated carbocycles. The monoisotopic (exact) mass is 438 g/mol. The number of nitrogens with two attached hydrogens (primary N) is 1. The number of benzene rings is 1. The van der Waals surface area contributed by atoms with E-state index in [2.05, 4.69) is 20.8 Å². The van der Waals surface area contributed by atoms with Crippen molar-refractivity contribution in [3.8, 4) is 0 Å². The maximum atomic E-state index is 12.6. The van der Waals surface area contributed by atoms with Gasteiger partial charge in [0.2, 0.25) is 5.91 Å². The number of pyridine rings is 1. The highest BCUT2D eigenvalue weighted by atomic mass is 16.5. The van der Waals surface area contributed by atoms with E-state index in [4.69, 9.17) is 10.5 Å². The highest BCUT2D eigenvalue weighted by Gasteiger charge is 2.28. The van der Waals surface area contributed by atoms with E-state index in [-0.39, 0.29) is 24.5 Å². The third-order valence-corrected chi connectivity index (χ3v) is 4.72. The number of nitrogens with zero attached hydrogens (tertiary/aromatic N) is 3. The van der Waals surface area contributed by atoms with Gasteiger partial charge in [-0.15, -0.1) is 10.2 Å². The van der Waals surface area contributed by atoms with E-state index in [1.165, 1.54) is 0 Å². The van der Waals surface area contributed by atoms with Gasteiger partial charge in [-0.2, -0.15) is 0 Å². The van der Waals surface area contributed by atoms with Crippen LogP contribution in [0, 0.1) is 0 Å². The molecule has 0 unspecified atom stereocenters. The van der Waals surface area contributed by atoms with Crippen molar-refractivity contribution in [2.45, 2.75) is 51.9 Å². The number of ether oxygens (including phenoxy) is 1. The van der Waals surface area contributed by atoms with Crippen LogP contribution >= 0.6 is 0 Å². The van der Waals surface area contributed by atoms with Crippen LogP contribution < -0.4 is 16.4 Å². The summed E-state index contributed by atoms with van der Waals surface area (Å²) in [6.45, 7) is 7.55. The quantitative estimate of drug-likeness (QED) is 0.469. The molecule has 170 valence electrons. The Balaban J connectivity index is 1.89. The first-order chi connectivity index (χ1) is 15.2. The van der Waals surface area contributed by atoms with Crippen molar-refractivity contribution in [2.24, 2.45) is 5.73 Å². The van der Waals surface area contributed by atoms with Gasteiger partial charge in [-0.25, -0.2) is 0 Å². The molecule has 0 fully saturated rings. The fourth-order valence-corrected chi connectivity index (χ4v) is 3.08. The number of rotatable bonds is 9. The second-order valence-corrected chi connectivity index (χ2v) is 8.55. The Morgan fingerprint density at radius 3 is 2.47 bits per heavy atom. The minimum Gasteiger partial charge on any atom is -0.374 e. The average molecular weight is 439 g/mol. The van der Waals surface area contributed by atoms with Crippen LogP contribution in [0.2, 0.25) is 0 Å². The van der Waals surface area contributed by atoms with Crippen LogP contribution in [-0.4, -0.2) is 44.6 Å². The summed E-state index contributed by atoms with van der Waals surface area (Å²) < 4.78 is 7.57. The van der Waals surface area contributed by atoms with E-state index in [0.29, 0.717) is 23.6 Å². The van der Waals surface area contributed by atoms with Gasteiger partial charge in [-0.1, -0.05) is 30.3 Å². The Morgan fingerprint density at radius 2 is 1.81 bits per heavy atom. The molecule has 9 nitrogen and oxygen atoms in total. The van der Waals surface area contributed by atoms with E-state index in [1.54, 1.807) is 36.6 Å².